The van der Waals surface area contributed by atoms with Crippen LogP contribution in [0.3, 0.4) is 0 Å². The van der Waals surface area contributed by atoms with Gasteiger partial charge in [0, 0.05) is 17.7 Å². The monoisotopic (exact) mass is 243 g/mol. The molecule has 1 atom stereocenters. The maximum absolute atomic E-state index is 12.9. The maximum atomic E-state index is 12.9. The van der Waals surface area contributed by atoms with Gasteiger partial charge in [-0.05, 0) is 29.8 Å². The lowest BCUT2D eigenvalue weighted by Crippen LogP contribution is -2.05. The summed E-state index contributed by atoms with van der Waals surface area (Å²) in [5.74, 6) is 0.705. The van der Waals surface area contributed by atoms with Gasteiger partial charge in [-0.2, -0.15) is 0 Å². The van der Waals surface area contributed by atoms with Crippen molar-refractivity contribution in [3.8, 4) is 5.75 Å². The van der Waals surface area contributed by atoms with E-state index in [0.717, 1.165) is 23.4 Å². The third kappa shape index (κ3) is 1.82. The standard InChI is InChI=1S/C15H14FNO/c1-18-15-4-2-3-13-12(15)9-14(17-13)10-5-7-11(16)8-6-10/h2-8,14,17H,9H2,1H3. The molecule has 2 aromatic carbocycles. The van der Waals surface area contributed by atoms with Crippen molar-refractivity contribution in [3.63, 3.8) is 0 Å². The Morgan fingerprint density at radius 2 is 1.94 bits per heavy atom. The van der Waals surface area contributed by atoms with Gasteiger partial charge in [0.25, 0.3) is 0 Å². The van der Waals surface area contributed by atoms with Gasteiger partial charge in [-0.1, -0.05) is 18.2 Å². The van der Waals surface area contributed by atoms with E-state index in [-0.39, 0.29) is 11.9 Å². The van der Waals surface area contributed by atoms with E-state index in [1.807, 2.05) is 30.3 Å². The Bertz CT molecular complexity index is 565. The predicted octanol–water partition coefficient (Wildman–Crippen LogP) is 3.54. The summed E-state index contributed by atoms with van der Waals surface area (Å²) >= 11 is 0. The summed E-state index contributed by atoms with van der Waals surface area (Å²) in [4.78, 5) is 0. The number of rotatable bonds is 2. The number of methoxy groups -OCH3 is 1. The van der Waals surface area contributed by atoms with E-state index in [1.165, 1.54) is 17.7 Å². The second-order valence-electron chi connectivity index (χ2n) is 4.44. The molecule has 1 aliphatic heterocycles. The third-order valence-electron chi connectivity index (χ3n) is 3.36. The quantitative estimate of drug-likeness (QED) is 0.871. The molecular weight excluding hydrogens is 229 g/mol. The molecular formula is C15H14FNO. The van der Waals surface area contributed by atoms with E-state index in [4.69, 9.17) is 4.74 Å². The Kier molecular flexibility index (Phi) is 2.67. The van der Waals surface area contributed by atoms with Crippen LogP contribution in [0.25, 0.3) is 0 Å². The maximum Gasteiger partial charge on any atom is 0.124 e. The zero-order valence-corrected chi connectivity index (χ0v) is 10.1. The van der Waals surface area contributed by atoms with Gasteiger partial charge in [-0.15, -0.1) is 0 Å². The molecule has 3 heteroatoms. The van der Waals surface area contributed by atoms with Crippen LogP contribution in [-0.2, 0) is 6.42 Å². The Labute approximate surface area is 105 Å². The smallest absolute Gasteiger partial charge is 0.124 e. The molecule has 0 amide bonds. The van der Waals surface area contributed by atoms with Crippen LogP contribution in [-0.4, -0.2) is 7.11 Å². The van der Waals surface area contributed by atoms with E-state index < -0.39 is 0 Å². The summed E-state index contributed by atoms with van der Waals surface area (Å²) in [5.41, 5.74) is 3.38. The summed E-state index contributed by atoms with van der Waals surface area (Å²) in [7, 11) is 1.68. The van der Waals surface area contributed by atoms with Gasteiger partial charge in [0.05, 0.1) is 13.2 Å². The van der Waals surface area contributed by atoms with E-state index in [2.05, 4.69) is 5.32 Å². The van der Waals surface area contributed by atoms with Crippen LogP contribution in [0.4, 0.5) is 10.1 Å². The number of halogens is 1. The summed E-state index contributed by atoms with van der Waals surface area (Å²) in [6.45, 7) is 0. The third-order valence-corrected chi connectivity index (χ3v) is 3.36. The number of nitrogens with one attached hydrogen (secondary N) is 1. The van der Waals surface area contributed by atoms with Crippen molar-refractivity contribution in [2.45, 2.75) is 12.5 Å². The molecule has 1 aliphatic rings. The van der Waals surface area contributed by atoms with Crippen LogP contribution < -0.4 is 10.1 Å². The number of hydrogen-bond donors (Lipinski definition) is 1. The fourth-order valence-electron chi connectivity index (χ4n) is 2.44. The molecule has 2 aromatic rings. The largest absolute Gasteiger partial charge is 0.496 e. The first kappa shape index (κ1) is 11.1. The van der Waals surface area contributed by atoms with Crippen molar-refractivity contribution in [2.24, 2.45) is 0 Å². The molecule has 92 valence electrons. The van der Waals surface area contributed by atoms with Gasteiger partial charge in [-0.3, -0.25) is 0 Å². The normalized spacial score (nSPS) is 17.1. The van der Waals surface area contributed by atoms with Gasteiger partial charge >= 0.3 is 0 Å². The van der Waals surface area contributed by atoms with Crippen molar-refractivity contribution in [1.82, 2.24) is 0 Å². The molecule has 0 fully saturated rings. The number of ether oxygens (including phenoxy) is 1. The molecule has 0 saturated carbocycles. The van der Waals surface area contributed by atoms with E-state index in [0.29, 0.717) is 0 Å². The first-order valence-electron chi connectivity index (χ1n) is 5.96. The zero-order chi connectivity index (χ0) is 12.5. The molecule has 3 rings (SSSR count). The molecule has 18 heavy (non-hydrogen) atoms. The van der Waals surface area contributed by atoms with E-state index in [1.54, 1.807) is 7.11 Å². The van der Waals surface area contributed by atoms with Crippen molar-refractivity contribution in [1.29, 1.82) is 0 Å². The summed E-state index contributed by atoms with van der Waals surface area (Å²) in [6.07, 6.45) is 0.866. The van der Waals surface area contributed by atoms with Crippen LogP contribution in [0, 0.1) is 5.82 Å². The summed E-state index contributed by atoms with van der Waals surface area (Å²) in [6, 6.07) is 12.8. The lowest BCUT2D eigenvalue weighted by molar-refractivity contribution is 0.410. The van der Waals surface area contributed by atoms with Crippen molar-refractivity contribution >= 4 is 5.69 Å². The van der Waals surface area contributed by atoms with Crippen LogP contribution in [0.5, 0.6) is 5.75 Å². The van der Waals surface area contributed by atoms with Gasteiger partial charge in [0.15, 0.2) is 0 Å². The minimum atomic E-state index is -0.202. The Balaban J connectivity index is 1.91. The number of fused-ring (bicyclic) bond motifs is 1. The van der Waals surface area contributed by atoms with Crippen LogP contribution >= 0.6 is 0 Å². The second kappa shape index (κ2) is 4.33. The first-order chi connectivity index (χ1) is 8.78. The highest BCUT2D eigenvalue weighted by atomic mass is 19.1. The Hall–Kier alpha value is -2.03. The average molecular weight is 243 g/mol. The SMILES string of the molecule is COc1cccc2c1CC(c1ccc(F)cc1)N2. The number of anilines is 1. The average Bonchev–Trinajstić information content (AvgIpc) is 2.83. The summed E-state index contributed by atoms with van der Waals surface area (Å²) < 4.78 is 18.3. The molecule has 1 heterocycles. The van der Waals surface area contributed by atoms with Crippen molar-refractivity contribution in [2.75, 3.05) is 12.4 Å². The molecule has 0 bridgehead atoms. The van der Waals surface area contributed by atoms with Gasteiger partial charge in [-0.25, -0.2) is 4.39 Å². The molecule has 0 saturated heterocycles. The molecule has 0 aliphatic carbocycles. The fourth-order valence-corrected chi connectivity index (χ4v) is 2.44. The van der Waals surface area contributed by atoms with Crippen LogP contribution in [0.2, 0.25) is 0 Å². The van der Waals surface area contributed by atoms with Crippen LogP contribution in [0.15, 0.2) is 42.5 Å². The highest BCUT2D eigenvalue weighted by Gasteiger charge is 2.24. The van der Waals surface area contributed by atoms with E-state index >= 15 is 0 Å². The lowest BCUT2D eigenvalue weighted by Gasteiger charge is -2.11. The van der Waals surface area contributed by atoms with Gasteiger partial charge < -0.3 is 10.1 Å². The second-order valence-corrected chi connectivity index (χ2v) is 4.44. The van der Waals surface area contributed by atoms with Crippen molar-refractivity contribution in [3.05, 3.63) is 59.4 Å². The Morgan fingerprint density at radius 1 is 1.17 bits per heavy atom. The topological polar surface area (TPSA) is 21.3 Å². The molecule has 1 N–H and O–H groups in total. The first-order valence-corrected chi connectivity index (χ1v) is 5.96. The van der Waals surface area contributed by atoms with Crippen LogP contribution in [0.1, 0.15) is 17.2 Å². The van der Waals surface area contributed by atoms with Gasteiger partial charge in [0.2, 0.25) is 0 Å². The molecule has 0 spiro atoms. The number of hydrogen-bond acceptors (Lipinski definition) is 2. The summed E-state index contributed by atoms with van der Waals surface area (Å²) in [5, 5.41) is 3.44. The highest BCUT2D eigenvalue weighted by Crippen LogP contribution is 2.39. The molecule has 0 radical (unpaired) electrons. The minimum absolute atomic E-state index is 0.192. The molecule has 2 nitrogen and oxygen atoms in total. The highest BCUT2D eigenvalue weighted by molar-refractivity contribution is 5.63. The zero-order valence-electron chi connectivity index (χ0n) is 10.1. The minimum Gasteiger partial charge on any atom is -0.496 e. The number of benzene rings is 2. The fraction of sp³-hybridized carbons (Fsp3) is 0.200. The predicted molar refractivity (Wildman–Crippen MR) is 69.5 cm³/mol. The Morgan fingerprint density at radius 3 is 2.67 bits per heavy atom. The molecule has 0 aromatic heterocycles. The molecule has 1 unspecified atom stereocenters. The van der Waals surface area contributed by atoms with Crippen molar-refractivity contribution < 1.29 is 9.13 Å². The van der Waals surface area contributed by atoms with Gasteiger partial charge in [0.1, 0.15) is 11.6 Å². The van der Waals surface area contributed by atoms with E-state index in [9.17, 15) is 4.39 Å². The lowest BCUT2D eigenvalue weighted by atomic mass is 10.0.